The molecule has 35 heavy (non-hydrogen) atoms. The number of nitrogens with two attached hydrogens (primary N) is 1. The van der Waals surface area contributed by atoms with Crippen LogP contribution < -0.4 is 20.5 Å². The summed E-state index contributed by atoms with van der Waals surface area (Å²) in [5, 5.41) is 3.16. The van der Waals surface area contributed by atoms with E-state index in [1.807, 2.05) is 18.2 Å². The Kier molecular flexibility index (Phi) is 5.90. The Morgan fingerprint density at radius 2 is 1.20 bits per heavy atom. The lowest BCUT2D eigenvalue weighted by Gasteiger charge is -2.14. The van der Waals surface area contributed by atoms with E-state index in [0.29, 0.717) is 33.9 Å². The van der Waals surface area contributed by atoms with Crippen molar-refractivity contribution in [2.24, 2.45) is 0 Å². The Morgan fingerprint density at radius 1 is 0.657 bits per heavy atom. The van der Waals surface area contributed by atoms with Crippen LogP contribution in [0, 0.1) is 0 Å². The number of rotatable bonds is 7. The minimum absolute atomic E-state index is 0.0924. The fourth-order valence-corrected chi connectivity index (χ4v) is 4.39. The number of hydrogen-bond donors (Lipinski definition) is 3. The molecule has 0 saturated carbocycles. The zero-order chi connectivity index (χ0) is 24.3. The number of ether oxygens (including phenoxy) is 1. The van der Waals surface area contributed by atoms with Crippen molar-refractivity contribution in [3.8, 4) is 11.5 Å². The van der Waals surface area contributed by atoms with Gasteiger partial charge in [-0.15, -0.1) is 0 Å². The third-order valence-electron chi connectivity index (χ3n) is 5.09. The van der Waals surface area contributed by atoms with Crippen LogP contribution in [-0.4, -0.2) is 18.4 Å². The van der Waals surface area contributed by atoms with Crippen LogP contribution in [0.3, 0.4) is 0 Å². The molecule has 0 aliphatic carbocycles. The van der Waals surface area contributed by atoms with Gasteiger partial charge >= 0.3 is 0 Å². The van der Waals surface area contributed by atoms with Crippen molar-refractivity contribution in [1.82, 2.24) is 9.97 Å². The van der Waals surface area contributed by atoms with Crippen molar-refractivity contribution >= 4 is 44.1 Å². The molecule has 4 N–H and O–H groups in total. The SMILES string of the molecule is Nc1ccc(Oc2ccc(Nc3nc4ccccc4nc3NS(=O)(=O)c3ccccc3)cc2)cc1. The van der Waals surface area contributed by atoms with Gasteiger partial charge in [-0.25, -0.2) is 18.4 Å². The molecule has 0 atom stereocenters. The van der Waals surface area contributed by atoms with Crippen LogP contribution in [0.15, 0.2) is 108 Å². The summed E-state index contributed by atoms with van der Waals surface area (Å²) in [5.74, 6) is 1.66. The van der Waals surface area contributed by atoms with Gasteiger partial charge in [-0.3, -0.25) is 4.72 Å². The molecule has 1 aromatic heterocycles. The number of nitrogens with zero attached hydrogens (tertiary/aromatic N) is 2. The van der Waals surface area contributed by atoms with Gasteiger partial charge in [0.15, 0.2) is 11.6 Å². The molecule has 0 amide bonds. The maximum absolute atomic E-state index is 13.0. The zero-order valence-corrected chi connectivity index (χ0v) is 19.2. The smallest absolute Gasteiger partial charge is 0.263 e. The minimum atomic E-state index is -3.86. The van der Waals surface area contributed by atoms with E-state index >= 15 is 0 Å². The number of nitrogen functional groups attached to an aromatic ring is 1. The number of fused-ring (bicyclic) bond motifs is 1. The highest BCUT2D eigenvalue weighted by molar-refractivity contribution is 7.92. The average Bonchev–Trinajstić information content (AvgIpc) is 2.87. The van der Waals surface area contributed by atoms with E-state index in [-0.39, 0.29) is 16.5 Å². The summed E-state index contributed by atoms with van der Waals surface area (Å²) in [6.07, 6.45) is 0. The lowest BCUT2D eigenvalue weighted by atomic mass is 10.2. The summed E-state index contributed by atoms with van der Waals surface area (Å²) < 4.78 is 34.3. The van der Waals surface area contributed by atoms with Crippen LogP contribution in [0.25, 0.3) is 11.0 Å². The standard InChI is InChI=1S/C26H21N5O3S/c27-18-10-14-20(15-11-18)34-21-16-12-19(13-17-21)28-25-26(30-24-9-5-4-8-23(24)29-25)31-35(32,33)22-6-2-1-3-7-22/h1-17H,27H2,(H,28,29)(H,30,31). The minimum Gasteiger partial charge on any atom is -0.457 e. The second-order valence-corrected chi connectivity index (χ2v) is 9.33. The van der Waals surface area contributed by atoms with Gasteiger partial charge in [0.2, 0.25) is 0 Å². The zero-order valence-electron chi connectivity index (χ0n) is 18.4. The van der Waals surface area contributed by atoms with E-state index in [9.17, 15) is 8.42 Å². The van der Waals surface area contributed by atoms with Crippen LogP contribution in [0.2, 0.25) is 0 Å². The number of anilines is 4. The van der Waals surface area contributed by atoms with E-state index in [4.69, 9.17) is 10.5 Å². The van der Waals surface area contributed by atoms with Crippen LogP contribution in [0.5, 0.6) is 11.5 Å². The summed E-state index contributed by atoms with van der Waals surface area (Å²) in [6, 6.07) is 29.7. The Morgan fingerprint density at radius 3 is 1.83 bits per heavy atom. The van der Waals surface area contributed by atoms with Crippen molar-refractivity contribution in [2.45, 2.75) is 4.90 Å². The molecule has 1 heterocycles. The van der Waals surface area contributed by atoms with E-state index in [1.54, 1.807) is 72.8 Å². The molecule has 8 nitrogen and oxygen atoms in total. The van der Waals surface area contributed by atoms with Gasteiger partial charge < -0.3 is 15.8 Å². The van der Waals surface area contributed by atoms with Crippen molar-refractivity contribution in [3.05, 3.63) is 103 Å². The van der Waals surface area contributed by atoms with Crippen molar-refractivity contribution in [2.75, 3.05) is 15.8 Å². The van der Waals surface area contributed by atoms with E-state index < -0.39 is 10.0 Å². The molecule has 174 valence electrons. The molecule has 0 spiro atoms. The highest BCUT2D eigenvalue weighted by atomic mass is 32.2. The molecular formula is C26H21N5O3S. The Labute approximate surface area is 202 Å². The summed E-state index contributed by atoms with van der Waals surface area (Å²) in [7, 11) is -3.86. The summed E-state index contributed by atoms with van der Waals surface area (Å²) in [6.45, 7) is 0. The number of nitrogens with one attached hydrogen (secondary N) is 2. The van der Waals surface area contributed by atoms with Crippen molar-refractivity contribution in [3.63, 3.8) is 0 Å². The predicted octanol–water partition coefficient (Wildman–Crippen LogP) is 5.55. The summed E-state index contributed by atoms with van der Waals surface area (Å²) >= 11 is 0. The van der Waals surface area contributed by atoms with Crippen LogP contribution in [0.4, 0.5) is 23.0 Å². The van der Waals surface area contributed by atoms with Crippen LogP contribution >= 0.6 is 0 Å². The second-order valence-electron chi connectivity index (χ2n) is 7.65. The number of para-hydroxylation sites is 2. The quantitative estimate of drug-likeness (QED) is 0.260. The first-order valence-corrected chi connectivity index (χ1v) is 12.2. The lowest BCUT2D eigenvalue weighted by molar-refractivity contribution is 0.483. The third kappa shape index (κ3) is 5.15. The van der Waals surface area contributed by atoms with Gasteiger partial charge in [0, 0.05) is 11.4 Å². The average molecular weight is 484 g/mol. The maximum Gasteiger partial charge on any atom is 0.263 e. The van der Waals surface area contributed by atoms with Crippen molar-refractivity contribution < 1.29 is 13.2 Å². The summed E-state index contributed by atoms with van der Waals surface area (Å²) in [5.41, 5.74) is 8.24. The molecule has 0 saturated heterocycles. The molecule has 0 aliphatic heterocycles. The first-order chi connectivity index (χ1) is 17.0. The largest absolute Gasteiger partial charge is 0.457 e. The first-order valence-electron chi connectivity index (χ1n) is 10.7. The molecule has 0 aliphatic rings. The second kappa shape index (κ2) is 9.32. The van der Waals surface area contributed by atoms with Gasteiger partial charge in [0.25, 0.3) is 10.0 Å². The molecule has 0 bridgehead atoms. The first kappa shape index (κ1) is 22.2. The van der Waals surface area contributed by atoms with Gasteiger partial charge in [-0.05, 0) is 72.8 Å². The topological polar surface area (TPSA) is 119 Å². The molecule has 0 unspecified atom stereocenters. The maximum atomic E-state index is 13.0. The molecule has 9 heteroatoms. The Bertz CT molecular complexity index is 1570. The number of benzene rings is 4. The van der Waals surface area contributed by atoms with Crippen LogP contribution in [-0.2, 0) is 10.0 Å². The van der Waals surface area contributed by atoms with E-state index in [0.717, 1.165) is 0 Å². The molecule has 5 rings (SSSR count). The monoisotopic (exact) mass is 483 g/mol. The van der Waals surface area contributed by atoms with Gasteiger partial charge in [-0.1, -0.05) is 30.3 Å². The highest BCUT2D eigenvalue weighted by Gasteiger charge is 2.18. The Hall–Kier alpha value is -4.63. The molecule has 0 radical (unpaired) electrons. The predicted molar refractivity (Wildman–Crippen MR) is 137 cm³/mol. The molecule has 5 aromatic rings. The number of aromatic nitrogens is 2. The normalized spacial score (nSPS) is 11.2. The van der Waals surface area contributed by atoms with E-state index in [2.05, 4.69) is 20.0 Å². The van der Waals surface area contributed by atoms with Gasteiger partial charge in [0.05, 0.1) is 15.9 Å². The molecular weight excluding hydrogens is 462 g/mol. The molecule has 4 aromatic carbocycles. The lowest BCUT2D eigenvalue weighted by Crippen LogP contribution is -2.16. The number of hydrogen-bond acceptors (Lipinski definition) is 7. The fraction of sp³-hybridized carbons (Fsp3) is 0. The molecule has 0 fully saturated rings. The van der Waals surface area contributed by atoms with Crippen molar-refractivity contribution in [1.29, 1.82) is 0 Å². The van der Waals surface area contributed by atoms with Gasteiger partial charge in [-0.2, -0.15) is 0 Å². The highest BCUT2D eigenvalue weighted by Crippen LogP contribution is 2.29. The van der Waals surface area contributed by atoms with Crippen LogP contribution in [0.1, 0.15) is 0 Å². The number of sulfonamides is 1. The van der Waals surface area contributed by atoms with E-state index in [1.165, 1.54) is 12.1 Å². The van der Waals surface area contributed by atoms with Gasteiger partial charge in [0.1, 0.15) is 11.5 Å². The summed E-state index contributed by atoms with van der Waals surface area (Å²) in [4.78, 5) is 9.25. The fourth-order valence-electron chi connectivity index (χ4n) is 3.36. The third-order valence-corrected chi connectivity index (χ3v) is 6.44. The Balaban J connectivity index is 1.43.